The van der Waals surface area contributed by atoms with Crippen LogP contribution in [0.1, 0.15) is 10.5 Å². The molecule has 0 aliphatic carbocycles. The van der Waals surface area contributed by atoms with Gasteiger partial charge in [0, 0.05) is 12.3 Å². The van der Waals surface area contributed by atoms with Gasteiger partial charge in [-0.25, -0.2) is 18.2 Å². The lowest BCUT2D eigenvalue weighted by molar-refractivity contribution is 0.0692. The Labute approximate surface area is 121 Å². The first-order valence-corrected chi connectivity index (χ1v) is 7.27. The lowest BCUT2D eigenvalue weighted by Crippen LogP contribution is -2.16. The van der Waals surface area contributed by atoms with E-state index in [1.54, 1.807) is 6.07 Å². The van der Waals surface area contributed by atoms with E-state index in [1.165, 1.54) is 43.6 Å². The molecular formula is C13H12N2O5S. The van der Waals surface area contributed by atoms with E-state index in [4.69, 9.17) is 9.84 Å². The number of benzene rings is 1. The topological polar surface area (TPSA) is 106 Å². The monoisotopic (exact) mass is 308 g/mol. The van der Waals surface area contributed by atoms with E-state index in [1.807, 2.05) is 0 Å². The molecule has 1 aromatic carbocycles. The van der Waals surface area contributed by atoms with Gasteiger partial charge in [0.15, 0.2) is 5.69 Å². The number of aromatic carboxylic acids is 1. The Hall–Kier alpha value is -2.61. The van der Waals surface area contributed by atoms with E-state index in [-0.39, 0.29) is 16.3 Å². The average molecular weight is 308 g/mol. The van der Waals surface area contributed by atoms with E-state index >= 15 is 0 Å². The number of anilines is 1. The highest BCUT2D eigenvalue weighted by Crippen LogP contribution is 2.21. The molecule has 1 aromatic heterocycles. The Balaban J connectivity index is 2.40. The molecule has 2 rings (SSSR count). The second kappa shape index (κ2) is 5.80. The van der Waals surface area contributed by atoms with Gasteiger partial charge in [0.1, 0.15) is 5.75 Å². The first-order chi connectivity index (χ1) is 9.94. The maximum absolute atomic E-state index is 12.3. The van der Waals surface area contributed by atoms with Crippen molar-refractivity contribution in [2.75, 3.05) is 11.8 Å². The summed E-state index contributed by atoms with van der Waals surface area (Å²) in [4.78, 5) is 14.6. The fraction of sp³-hybridized carbons (Fsp3) is 0.0769. The fourth-order valence-corrected chi connectivity index (χ4v) is 2.73. The van der Waals surface area contributed by atoms with Crippen molar-refractivity contribution in [3.8, 4) is 5.75 Å². The zero-order valence-corrected chi connectivity index (χ0v) is 11.8. The van der Waals surface area contributed by atoms with Crippen LogP contribution in [0.25, 0.3) is 0 Å². The fourth-order valence-electron chi connectivity index (χ4n) is 1.63. The maximum Gasteiger partial charge on any atom is 0.356 e. The van der Waals surface area contributed by atoms with Crippen LogP contribution in [0.15, 0.2) is 47.5 Å². The standard InChI is InChI=1S/C13H12N2O5S/c1-20-9-4-2-5-10(8-9)21(18,19)15-11-6-3-7-14-12(11)13(16)17/h2-8,15H,1H3,(H,16,17). The first kappa shape index (κ1) is 14.8. The van der Waals surface area contributed by atoms with Gasteiger partial charge in [0.05, 0.1) is 17.7 Å². The quantitative estimate of drug-likeness (QED) is 0.869. The van der Waals surface area contributed by atoms with Crippen molar-refractivity contribution in [3.63, 3.8) is 0 Å². The van der Waals surface area contributed by atoms with Crippen LogP contribution < -0.4 is 9.46 Å². The van der Waals surface area contributed by atoms with Crippen LogP contribution in [0, 0.1) is 0 Å². The molecule has 2 N–H and O–H groups in total. The molecule has 0 atom stereocenters. The number of rotatable bonds is 5. The second-order valence-electron chi connectivity index (χ2n) is 3.99. The number of pyridine rings is 1. The SMILES string of the molecule is COc1cccc(S(=O)(=O)Nc2cccnc2C(=O)O)c1. The molecule has 2 aromatic rings. The molecule has 0 spiro atoms. The van der Waals surface area contributed by atoms with Crippen molar-refractivity contribution in [2.45, 2.75) is 4.90 Å². The van der Waals surface area contributed by atoms with Gasteiger partial charge < -0.3 is 9.84 Å². The largest absolute Gasteiger partial charge is 0.497 e. The van der Waals surface area contributed by atoms with Crippen molar-refractivity contribution in [1.29, 1.82) is 0 Å². The van der Waals surface area contributed by atoms with Crippen molar-refractivity contribution in [1.82, 2.24) is 4.98 Å². The number of sulfonamides is 1. The van der Waals surface area contributed by atoms with Crippen molar-refractivity contribution in [3.05, 3.63) is 48.3 Å². The van der Waals surface area contributed by atoms with Gasteiger partial charge in [-0.05, 0) is 24.3 Å². The number of ether oxygens (including phenoxy) is 1. The summed E-state index contributed by atoms with van der Waals surface area (Å²) in [7, 11) is -2.52. The Morgan fingerprint density at radius 2 is 2.05 bits per heavy atom. The number of hydrogen-bond acceptors (Lipinski definition) is 5. The predicted molar refractivity (Wildman–Crippen MR) is 75.0 cm³/mol. The number of methoxy groups -OCH3 is 1. The minimum atomic E-state index is -3.94. The van der Waals surface area contributed by atoms with Crippen molar-refractivity contribution in [2.24, 2.45) is 0 Å². The number of hydrogen-bond donors (Lipinski definition) is 2. The third kappa shape index (κ3) is 3.29. The van der Waals surface area contributed by atoms with Gasteiger partial charge >= 0.3 is 5.97 Å². The number of carbonyl (C=O) groups is 1. The number of nitrogens with zero attached hydrogens (tertiary/aromatic N) is 1. The molecule has 1 heterocycles. The molecule has 110 valence electrons. The van der Waals surface area contributed by atoms with Gasteiger partial charge in [-0.3, -0.25) is 4.72 Å². The molecule has 8 heteroatoms. The smallest absolute Gasteiger partial charge is 0.356 e. The molecule has 0 amide bonds. The number of nitrogens with one attached hydrogen (secondary N) is 1. The van der Waals surface area contributed by atoms with Crippen molar-refractivity contribution >= 4 is 21.7 Å². The van der Waals surface area contributed by atoms with Gasteiger partial charge in [-0.15, -0.1) is 0 Å². The zero-order valence-electron chi connectivity index (χ0n) is 11.0. The van der Waals surface area contributed by atoms with Crippen LogP contribution in [0.4, 0.5) is 5.69 Å². The summed E-state index contributed by atoms with van der Waals surface area (Å²) in [5.41, 5.74) is -0.475. The van der Waals surface area contributed by atoms with Gasteiger partial charge in [-0.1, -0.05) is 6.07 Å². The maximum atomic E-state index is 12.3. The summed E-state index contributed by atoms with van der Waals surface area (Å²) in [6.07, 6.45) is 1.27. The van der Waals surface area contributed by atoms with E-state index in [9.17, 15) is 13.2 Å². The second-order valence-corrected chi connectivity index (χ2v) is 5.67. The zero-order chi connectivity index (χ0) is 15.5. The highest BCUT2D eigenvalue weighted by Gasteiger charge is 2.19. The lowest BCUT2D eigenvalue weighted by Gasteiger charge is -2.10. The number of carboxylic acids is 1. The summed E-state index contributed by atoms with van der Waals surface area (Å²) < 4.78 is 31.7. The summed E-state index contributed by atoms with van der Waals surface area (Å²) in [5.74, 6) is -0.943. The van der Waals surface area contributed by atoms with Crippen LogP contribution in [0.5, 0.6) is 5.75 Å². The minimum Gasteiger partial charge on any atom is -0.497 e. The Morgan fingerprint density at radius 3 is 2.71 bits per heavy atom. The van der Waals surface area contributed by atoms with Crippen LogP contribution in [-0.4, -0.2) is 31.6 Å². The normalized spacial score (nSPS) is 10.9. The molecule has 0 radical (unpaired) electrons. The first-order valence-electron chi connectivity index (χ1n) is 5.79. The molecule has 0 bridgehead atoms. The summed E-state index contributed by atoms with van der Waals surface area (Å²) in [6.45, 7) is 0. The predicted octanol–water partition coefficient (Wildman–Crippen LogP) is 1.59. The van der Waals surface area contributed by atoms with Crippen LogP contribution >= 0.6 is 0 Å². The molecule has 0 fully saturated rings. The van der Waals surface area contributed by atoms with Crippen LogP contribution in [0.3, 0.4) is 0 Å². The number of aromatic nitrogens is 1. The molecule has 0 aliphatic heterocycles. The minimum absolute atomic E-state index is 0.0398. The summed E-state index contributed by atoms with van der Waals surface area (Å²) in [5, 5.41) is 9.00. The Bertz CT molecular complexity index is 774. The highest BCUT2D eigenvalue weighted by atomic mass is 32.2. The average Bonchev–Trinajstić information content (AvgIpc) is 2.47. The third-order valence-electron chi connectivity index (χ3n) is 2.61. The highest BCUT2D eigenvalue weighted by molar-refractivity contribution is 7.92. The van der Waals surface area contributed by atoms with E-state index < -0.39 is 16.0 Å². The Morgan fingerprint density at radius 1 is 1.29 bits per heavy atom. The Kier molecular flexibility index (Phi) is 4.08. The van der Waals surface area contributed by atoms with Gasteiger partial charge in [0.2, 0.25) is 0 Å². The molecule has 21 heavy (non-hydrogen) atoms. The number of carboxylic acid groups (broad SMARTS) is 1. The van der Waals surface area contributed by atoms with Crippen LogP contribution in [-0.2, 0) is 10.0 Å². The molecule has 7 nitrogen and oxygen atoms in total. The molecule has 0 unspecified atom stereocenters. The summed E-state index contributed by atoms with van der Waals surface area (Å²) >= 11 is 0. The lowest BCUT2D eigenvalue weighted by atomic mass is 10.3. The van der Waals surface area contributed by atoms with Gasteiger partial charge in [-0.2, -0.15) is 0 Å². The van der Waals surface area contributed by atoms with E-state index in [0.717, 1.165) is 0 Å². The molecule has 0 saturated heterocycles. The van der Waals surface area contributed by atoms with Crippen molar-refractivity contribution < 1.29 is 23.1 Å². The third-order valence-corrected chi connectivity index (χ3v) is 3.97. The molecular weight excluding hydrogens is 296 g/mol. The van der Waals surface area contributed by atoms with Gasteiger partial charge in [0.25, 0.3) is 10.0 Å². The molecule has 0 saturated carbocycles. The van der Waals surface area contributed by atoms with E-state index in [0.29, 0.717) is 5.75 Å². The summed E-state index contributed by atoms with van der Waals surface area (Å²) in [6, 6.07) is 8.60. The van der Waals surface area contributed by atoms with Crippen LogP contribution in [0.2, 0.25) is 0 Å². The van der Waals surface area contributed by atoms with E-state index in [2.05, 4.69) is 9.71 Å². The molecule has 0 aliphatic rings.